The smallest absolute Gasteiger partial charge is 0.119 e. The third kappa shape index (κ3) is 6.65. The van der Waals surface area contributed by atoms with E-state index < -0.39 is 0 Å². The lowest BCUT2D eigenvalue weighted by Crippen LogP contribution is -1.97. The Hall–Kier alpha value is -2.68. The molecule has 31 heavy (non-hydrogen) atoms. The molecule has 3 aromatic rings. The van der Waals surface area contributed by atoms with Crippen molar-refractivity contribution in [3.05, 3.63) is 96.4 Å². The first-order valence-electron chi connectivity index (χ1n) is 10.6. The van der Waals surface area contributed by atoms with Crippen molar-refractivity contribution in [3.8, 4) is 5.75 Å². The molecule has 0 aliphatic heterocycles. The van der Waals surface area contributed by atoms with Gasteiger partial charge in [-0.2, -0.15) is 5.10 Å². The number of aromatic nitrogens is 2. The number of rotatable bonds is 10. The molecule has 0 radical (unpaired) electrons. The lowest BCUT2D eigenvalue weighted by atomic mass is 9.97. The number of aryl methyl sites for hydroxylation is 1. The first-order chi connectivity index (χ1) is 15.2. The molecule has 1 N–H and O–H groups in total. The van der Waals surface area contributed by atoms with Crippen LogP contribution in [0.2, 0.25) is 0 Å². The summed E-state index contributed by atoms with van der Waals surface area (Å²) in [4.78, 5) is 0. The number of hydrogen-bond donors (Lipinski definition) is 1. The molecule has 3 rings (SSSR count). The van der Waals surface area contributed by atoms with Crippen LogP contribution in [0.5, 0.6) is 5.75 Å². The predicted molar refractivity (Wildman–Crippen MR) is 134 cm³/mol. The van der Waals surface area contributed by atoms with E-state index in [1.807, 2.05) is 42.6 Å². The Balaban J connectivity index is 0.00000166. The molecule has 0 amide bonds. The quantitative estimate of drug-likeness (QED) is 0.239. The summed E-state index contributed by atoms with van der Waals surface area (Å²) in [5.41, 5.74) is 6.48. The second-order valence-corrected chi connectivity index (χ2v) is 8.07. The molecule has 164 valence electrons. The number of methoxy groups -OCH3 is 1. The average Bonchev–Trinajstić information content (AvgIpc) is 3.24. The number of pyridine rings is 1. The number of aliphatic hydroxyl groups excluding tert-OH is 1. The van der Waals surface area contributed by atoms with Gasteiger partial charge in [-0.1, -0.05) is 57.4 Å². The van der Waals surface area contributed by atoms with Crippen molar-refractivity contribution >= 4 is 19.7 Å². The second kappa shape index (κ2) is 12.9. The molecule has 0 bridgehead atoms. The van der Waals surface area contributed by atoms with E-state index in [2.05, 4.69) is 48.7 Å². The fraction of sp³-hybridized carbons (Fsp3) is 0.269. The van der Waals surface area contributed by atoms with E-state index in [4.69, 9.17) is 4.74 Å². The van der Waals surface area contributed by atoms with Gasteiger partial charge in [-0.05, 0) is 65.3 Å². The highest BCUT2D eigenvalue weighted by Crippen LogP contribution is 2.28. The minimum absolute atomic E-state index is 0.0331. The van der Waals surface area contributed by atoms with E-state index in [0.717, 1.165) is 44.2 Å². The standard InChI is InChI=1S/C24H27N2O2P.C2H6/c1-4-6-19(5-2)24-10-9-23(28-3)13-20(24)11-12-29-17-18-7-8-22-14-21(16-27)25-26(22)15-18;1-2/h4-10,13-15,27,29H,1-2,11-12,16-17H2,3H3;1-2H3/b19-6+;. The number of fused-ring (bicyclic) bond motifs is 1. The monoisotopic (exact) mass is 436 g/mol. The maximum atomic E-state index is 9.24. The fourth-order valence-corrected chi connectivity index (χ4v) is 4.42. The van der Waals surface area contributed by atoms with Crippen LogP contribution in [0, 0.1) is 0 Å². The molecule has 2 aromatic heterocycles. The van der Waals surface area contributed by atoms with Crippen LogP contribution in [0.1, 0.15) is 36.2 Å². The van der Waals surface area contributed by atoms with Crippen LogP contribution < -0.4 is 4.74 Å². The van der Waals surface area contributed by atoms with Crippen molar-refractivity contribution < 1.29 is 9.84 Å². The van der Waals surface area contributed by atoms with Gasteiger partial charge in [0.2, 0.25) is 0 Å². The SMILES string of the molecule is C=C/C=C(\C=C)c1ccc(OC)cc1CCPCc1ccc2cc(CO)nn2c1.CC. The van der Waals surface area contributed by atoms with Crippen molar-refractivity contribution in [1.29, 1.82) is 0 Å². The Bertz CT molecular complexity index is 1040. The highest BCUT2D eigenvalue weighted by molar-refractivity contribution is 7.37. The highest BCUT2D eigenvalue weighted by Gasteiger charge is 2.08. The number of ether oxygens (including phenoxy) is 1. The van der Waals surface area contributed by atoms with Gasteiger partial charge in [-0.3, -0.25) is 0 Å². The number of aliphatic hydroxyl groups is 1. The zero-order valence-electron chi connectivity index (χ0n) is 18.8. The van der Waals surface area contributed by atoms with Crippen LogP contribution in [0.15, 0.2) is 74.0 Å². The molecule has 0 aliphatic carbocycles. The lowest BCUT2D eigenvalue weighted by Gasteiger charge is -2.12. The second-order valence-electron chi connectivity index (χ2n) is 6.71. The summed E-state index contributed by atoms with van der Waals surface area (Å²) in [5.74, 6) is 0.873. The topological polar surface area (TPSA) is 46.8 Å². The van der Waals surface area contributed by atoms with Gasteiger partial charge < -0.3 is 9.84 Å². The van der Waals surface area contributed by atoms with Crippen LogP contribution in [0.4, 0.5) is 0 Å². The molecule has 2 heterocycles. The normalized spacial score (nSPS) is 11.4. The van der Waals surface area contributed by atoms with E-state index in [1.165, 1.54) is 16.7 Å². The zero-order valence-corrected chi connectivity index (χ0v) is 19.8. The molecule has 1 unspecified atom stereocenters. The molecule has 0 fully saturated rings. The summed E-state index contributed by atoms with van der Waals surface area (Å²) in [6.45, 7) is 11.7. The Morgan fingerprint density at radius 2 is 2.00 bits per heavy atom. The Morgan fingerprint density at radius 1 is 1.19 bits per heavy atom. The van der Waals surface area contributed by atoms with E-state index in [-0.39, 0.29) is 6.61 Å². The third-order valence-electron chi connectivity index (χ3n) is 4.77. The van der Waals surface area contributed by atoms with Crippen LogP contribution in [-0.4, -0.2) is 28.0 Å². The first kappa shape index (κ1) is 24.6. The largest absolute Gasteiger partial charge is 0.497 e. The highest BCUT2D eigenvalue weighted by atomic mass is 31.1. The molecular formula is C26H33N2O2P. The molecule has 1 aromatic carbocycles. The van der Waals surface area contributed by atoms with Gasteiger partial charge >= 0.3 is 0 Å². The van der Waals surface area contributed by atoms with E-state index in [0.29, 0.717) is 5.69 Å². The van der Waals surface area contributed by atoms with Crippen molar-refractivity contribution in [3.63, 3.8) is 0 Å². The molecule has 4 nitrogen and oxygen atoms in total. The summed E-state index contributed by atoms with van der Waals surface area (Å²) in [6, 6.07) is 12.3. The first-order valence-corrected chi connectivity index (χ1v) is 12.0. The van der Waals surface area contributed by atoms with Crippen molar-refractivity contribution in [1.82, 2.24) is 9.61 Å². The van der Waals surface area contributed by atoms with Gasteiger partial charge in [0.1, 0.15) is 5.75 Å². The lowest BCUT2D eigenvalue weighted by molar-refractivity contribution is 0.276. The molecule has 0 aliphatic rings. The Morgan fingerprint density at radius 3 is 2.68 bits per heavy atom. The number of benzene rings is 1. The van der Waals surface area contributed by atoms with E-state index in [1.54, 1.807) is 13.2 Å². The summed E-state index contributed by atoms with van der Waals surface area (Å²) in [5, 5.41) is 13.6. The minimum Gasteiger partial charge on any atom is -0.497 e. The Labute approximate surface area is 187 Å². The van der Waals surface area contributed by atoms with Gasteiger partial charge in [0.25, 0.3) is 0 Å². The molecule has 1 atom stereocenters. The molecule has 0 saturated heterocycles. The number of nitrogens with zero attached hydrogens (tertiary/aromatic N) is 2. The molecule has 0 spiro atoms. The average molecular weight is 437 g/mol. The van der Waals surface area contributed by atoms with E-state index >= 15 is 0 Å². The van der Waals surface area contributed by atoms with Gasteiger partial charge in [-0.25, -0.2) is 4.52 Å². The van der Waals surface area contributed by atoms with Gasteiger partial charge in [0, 0.05) is 6.20 Å². The van der Waals surface area contributed by atoms with Crippen LogP contribution in [0.3, 0.4) is 0 Å². The third-order valence-corrected chi connectivity index (χ3v) is 6.04. The number of hydrogen-bond acceptors (Lipinski definition) is 3. The summed E-state index contributed by atoms with van der Waals surface area (Å²) in [6.07, 6.45) is 10.8. The van der Waals surface area contributed by atoms with Crippen LogP contribution >= 0.6 is 8.58 Å². The molecule has 5 heteroatoms. The predicted octanol–water partition coefficient (Wildman–Crippen LogP) is 6.04. The van der Waals surface area contributed by atoms with Crippen LogP contribution in [0.25, 0.3) is 11.1 Å². The number of allylic oxidation sites excluding steroid dienone is 4. The van der Waals surface area contributed by atoms with Crippen molar-refractivity contribution in [2.24, 2.45) is 0 Å². The van der Waals surface area contributed by atoms with Gasteiger partial charge in [-0.15, -0.1) is 8.58 Å². The summed E-state index contributed by atoms with van der Waals surface area (Å²) < 4.78 is 7.27. The fourth-order valence-electron chi connectivity index (χ4n) is 3.30. The molecular weight excluding hydrogens is 403 g/mol. The van der Waals surface area contributed by atoms with Gasteiger partial charge in [0.15, 0.2) is 0 Å². The maximum Gasteiger partial charge on any atom is 0.119 e. The zero-order chi connectivity index (χ0) is 22.6. The van der Waals surface area contributed by atoms with Crippen molar-refractivity contribution in [2.75, 3.05) is 13.3 Å². The van der Waals surface area contributed by atoms with Gasteiger partial charge in [0.05, 0.1) is 24.9 Å². The maximum absolute atomic E-state index is 9.24. The minimum atomic E-state index is -0.0331. The summed E-state index contributed by atoms with van der Waals surface area (Å²) in [7, 11) is 2.50. The van der Waals surface area contributed by atoms with Crippen molar-refractivity contribution in [2.45, 2.75) is 33.0 Å². The Kier molecular flexibility index (Phi) is 10.2. The summed E-state index contributed by atoms with van der Waals surface area (Å²) >= 11 is 0. The van der Waals surface area contributed by atoms with E-state index in [9.17, 15) is 5.11 Å². The molecule has 0 saturated carbocycles. The van der Waals surface area contributed by atoms with Crippen LogP contribution in [-0.2, 0) is 19.2 Å².